The van der Waals surface area contributed by atoms with E-state index in [1.807, 2.05) is 30.3 Å². The molecular formula is C24H26ClNO. The molecule has 3 heteroatoms. The zero-order chi connectivity index (χ0) is 18.9. The fraction of sp³-hybridized carbons (Fsp3) is 0.250. The van der Waals surface area contributed by atoms with E-state index < -0.39 is 6.10 Å². The Bertz CT molecular complexity index is 738. The fourth-order valence-corrected chi connectivity index (χ4v) is 3.60. The second-order valence-corrected chi connectivity index (χ2v) is 7.16. The minimum absolute atomic E-state index is 0.0645. The molecule has 0 aliphatic carbocycles. The van der Waals surface area contributed by atoms with E-state index in [1.165, 1.54) is 16.7 Å². The number of alkyl halides is 1. The summed E-state index contributed by atoms with van der Waals surface area (Å²) in [5.74, 6) is 0.220. The Kier molecular flexibility index (Phi) is 7.46. The molecule has 27 heavy (non-hydrogen) atoms. The van der Waals surface area contributed by atoms with Crippen LogP contribution in [-0.2, 0) is 19.5 Å². The number of aliphatic hydroxyl groups excluding tert-OH is 1. The lowest BCUT2D eigenvalue weighted by Crippen LogP contribution is -2.45. The maximum atomic E-state index is 10.7. The van der Waals surface area contributed by atoms with Gasteiger partial charge in [-0.3, -0.25) is 4.90 Å². The summed E-state index contributed by atoms with van der Waals surface area (Å²) in [6.45, 7) is 1.53. The van der Waals surface area contributed by atoms with Crippen LogP contribution in [0.1, 0.15) is 16.7 Å². The molecular weight excluding hydrogens is 354 g/mol. The molecule has 3 rings (SSSR count). The molecule has 0 aliphatic rings. The van der Waals surface area contributed by atoms with E-state index in [0.717, 1.165) is 19.5 Å². The lowest BCUT2D eigenvalue weighted by atomic mass is 9.99. The highest BCUT2D eigenvalue weighted by atomic mass is 35.5. The van der Waals surface area contributed by atoms with Gasteiger partial charge in [0.05, 0.1) is 6.10 Å². The highest BCUT2D eigenvalue weighted by molar-refractivity contribution is 6.18. The molecule has 0 heterocycles. The first kappa shape index (κ1) is 19.6. The van der Waals surface area contributed by atoms with E-state index in [1.54, 1.807) is 0 Å². The van der Waals surface area contributed by atoms with Crippen molar-refractivity contribution >= 4 is 11.6 Å². The van der Waals surface area contributed by atoms with Crippen LogP contribution in [0.5, 0.6) is 0 Å². The van der Waals surface area contributed by atoms with Gasteiger partial charge in [0.2, 0.25) is 0 Å². The lowest BCUT2D eigenvalue weighted by Gasteiger charge is -2.35. The van der Waals surface area contributed by atoms with Crippen LogP contribution in [0.4, 0.5) is 0 Å². The van der Waals surface area contributed by atoms with E-state index in [0.29, 0.717) is 0 Å². The monoisotopic (exact) mass is 379 g/mol. The Balaban J connectivity index is 1.88. The van der Waals surface area contributed by atoms with Crippen molar-refractivity contribution in [2.45, 2.75) is 31.7 Å². The van der Waals surface area contributed by atoms with Crippen LogP contribution in [0.15, 0.2) is 91.0 Å². The van der Waals surface area contributed by atoms with Gasteiger partial charge in [0, 0.05) is 25.0 Å². The summed E-state index contributed by atoms with van der Waals surface area (Å²) in [7, 11) is 0. The second kappa shape index (κ2) is 10.3. The number of nitrogens with zero attached hydrogens (tertiary/aromatic N) is 1. The molecule has 0 saturated carbocycles. The van der Waals surface area contributed by atoms with Gasteiger partial charge in [0.15, 0.2) is 0 Å². The molecule has 1 N–H and O–H groups in total. The molecule has 0 aromatic heterocycles. The number of rotatable bonds is 9. The predicted molar refractivity (Wildman–Crippen MR) is 113 cm³/mol. The minimum Gasteiger partial charge on any atom is -0.390 e. The summed E-state index contributed by atoms with van der Waals surface area (Å²) in [6, 6.07) is 31.0. The van der Waals surface area contributed by atoms with Crippen LogP contribution in [-0.4, -0.2) is 28.0 Å². The van der Waals surface area contributed by atoms with Gasteiger partial charge in [-0.05, 0) is 23.1 Å². The van der Waals surface area contributed by atoms with Crippen LogP contribution in [0.25, 0.3) is 0 Å². The molecule has 0 bridgehead atoms. The van der Waals surface area contributed by atoms with Crippen LogP contribution in [0.3, 0.4) is 0 Å². The van der Waals surface area contributed by atoms with Gasteiger partial charge in [0.1, 0.15) is 0 Å². The Labute approximate surface area is 167 Å². The molecule has 2 nitrogen and oxygen atoms in total. The third kappa shape index (κ3) is 5.93. The first-order chi connectivity index (χ1) is 13.3. The predicted octanol–water partition coefficient (Wildman–Crippen LogP) is 4.90. The van der Waals surface area contributed by atoms with E-state index in [-0.39, 0.29) is 11.9 Å². The van der Waals surface area contributed by atoms with Gasteiger partial charge < -0.3 is 5.11 Å². The van der Waals surface area contributed by atoms with Crippen molar-refractivity contribution in [3.05, 3.63) is 108 Å². The van der Waals surface area contributed by atoms with Crippen LogP contribution in [0, 0.1) is 0 Å². The molecule has 3 aromatic rings. The van der Waals surface area contributed by atoms with Crippen LogP contribution < -0.4 is 0 Å². The van der Waals surface area contributed by atoms with Gasteiger partial charge >= 0.3 is 0 Å². The summed E-state index contributed by atoms with van der Waals surface area (Å²) in [6.07, 6.45) is 0.160. The molecule has 0 fully saturated rings. The summed E-state index contributed by atoms with van der Waals surface area (Å²) in [5.41, 5.74) is 3.67. The molecule has 1 unspecified atom stereocenters. The van der Waals surface area contributed by atoms with E-state index in [2.05, 4.69) is 65.6 Å². The van der Waals surface area contributed by atoms with Gasteiger partial charge in [0.25, 0.3) is 0 Å². The van der Waals surface area contributed by atoms with Crippen molar-refractivity contribution in [3.63, 3.8) is 0 Å². The first-order valence-corrected chi connectivity index (χ1v) is 9.89. The lowest BCUT2D eigenvalue weighted by molar-refractivity contribution is 0.0526. The van der Waals surface area contributed by atoms with Crippen LogP contribution in [0.2, 0.25) is 0 Å². The molecule has 0 spiro atoms. The first-order valence-electron chi connectivity index (χ1n) is 9.36. The fourth-order valence-electron chi connectivity index (χ4n) is 3.39. The van der Waals surface area contributed by atoms with Crippen molar-refractivity contribution in [1.82, 2.24) is 4.90 Å². The van der Waals surface area contributed by atoms with Crippen molar-refractivity contribution in [1.29, 1.82) is 0 Å². The summed E-state index contributed by atoms with van der Waals surface area (Å²) in [4.78, 5) is 2.34. The van der Waals surface area contributed by atoms with E-state index in [9.17, 15) is 5.11 Å². The largest absolute Gasteiger partial charge is 0.390 e. The Morgan fingerprint density at radius 1 is 0.667 bits per heavy atom. The minimum atomic E-state index is -0.598. The second-order valence-electron chi connectivity index (χ2n) is 6.85. The smallest absolute Gasteiger partial charge is 0.0833 e. The zero-order valence-corrected chi connectivity index (χ0v) is 16.2. The highest BCUT2D eigenvalue weighted by Crippen LogP contribution is 2.20. The number of hydrogen-bond acceptors (Lipinski definition) is 2. The van der Waals surface area contributed by atoms with Crippen molar-refractivity contribution in [2.24, 2.45) is 0 Å². The molecule has 0 radical (unpaired) electrons. The summed E-state index contributed by atoms with van der Waals surface area (Å²) >= 11 is 6.09. The third-order valence-electron chi connectivity index (χ3n) is 4.82. The van der Waals surface area contributed by atoms with Gasteiger partial charge in [-0.1, -0.05) is 91.0 Å². The highest BCUT2D eigenvalue weighted by Gasteiger charge is 2.26. The molecule has 2 atom stereocenters. The Morgan fingerprint density at radius 3 is 1.48 bits per heavy atom. The topological polar surface area (TPSA) is 23.5 Å². The van der Waals surface area contributed by atoms with Crippen molar-refractivity contribution in [2.75, 3.05) is 5.88 Å². The third-order valence-corrected chi connectivity index (χ3v) is 5.13. The summed E-state index contributed by atoms with van der Waals surface area (Å²) in [5, 5.41) is 10.7. The number of aliphatic hydroxyl groups is 1. The van der Waals surface area contributed by atoms with Crippen LogP contribution >= 0.6 is 11.6 Å². The number of hydrogen-bond donors (Lipinski definition) is 1. The molecule has 0 amide bonds. The summed E-state index contributed by atoms with van der Waals surface area (Å²) < 4.78 is 0. The normalized spacial score (nSPS) is 13.4. The van der Waals surface area contributed by atoms with E-state index in [4.69, 9.17) is 11.6 Å². The maximum Gasteiger partial charge on any atom is 0.0833 e. The number of benzene rings is 3. The SMILES string of the molecule is OC(CCl)[C@H](Cc1ccccc1)N(Cc1ccccc1)Cc1ccccc1. The Morgan fingerprint density at radius 2 is 1.07 bits per heavy atom. The zero-order valence-electron chi connectivity index (χ0n) is 15.4. The van der Waals surface area contributed by atoms with Gasteiger partial charge in [-0.25, -0.2) is 0 Å². The van der Waals surface area contributed by atoms with Gasteiger partial charge in [-0.15, -0.1) is 11.6 Å². The van der Waals surface area contributed by atoms with Crippen molar-refractivity contribution < 1.29 is 5.11 Å². The molecule has 3 aromatic carbocycles. The average Bonchev–Trinajstić information content (AvgIpc) is 2.73. The number of halogens is 1. The quantitative estimate of drug-likeness (QED) is 0.534. The maximum absolute atomic E-state index is 10.7. The standard InChI is InChI=1S/C24H26ClNO/c25-17-24(27)23(16-20-10-4-1-5-11-20)26(18-21-12-6-2-7-13-21)19-22-14-8-3-9-15-22/h1-15,23-24,27H,16-19H2/t23-,24?/m0/s1. The van der Waals surface area contributed by atoms with Gasteiger partial charge in [-0.2, -0.15) is 0 Å². The molecule has 140 valence electrons. The van der Waals surface area contributed by atoms with Crippen molar-refractivity contribution in [3.8, 4) is 0 Å². The average molecular weight is 380 g/mol. The Hall–Kier alpha value is -2.13. The van der Waals surface area contributed by atoms with E-state index >= 15 is 0 Å². The molecule has 0 aliphatic heterocycles. The molecule has 0 saturated heterocycles.